The number of nitrogens with one attached hydrogen (secondary N) is 2. The van der Waals surface area contributed by atoms with Crippen LogP contribution in [0.1, 0.15) is 37.2 Å². The largest absolute Gasteiger partial charge is 0.352 e. The minimum atomic E-state index is -0.154. The van der Waals surface area contributed by atoms with Gasteiger partial charge in [0, 0.05) is 18.8 Å². The molecule has 1 atom stereocenters. The zero-order valence-corrected chi connectivity index (χ0v) is 12.8. The van der Waals surface area contributed by atoms with Gasteiger partial charge in [-0.05, 0) is 46.5 Å². The fraction of sp³-hybridized carbons (Fsp3) is 0.643. The minimum absolute atomic E-state index is 0.154. The molecular weight excluding hydrogens is 254 g/mol. The van der Waals surface area contributed by atoms with Gasteiger partial charge in [-0.3, -0.25) is 4.79 Å². The summed E-state index contributed by atoms with van der Waals surface area (Å²) in [5.74, 6) is 0.346. The molecule has 0 aliphatic carbocycles. The lowest BCUT2D eigenvalue weighted by atomic mass is 10.3. The number of hydrogen-bond acceptors (Lipinski definition) is 5. The first-order chi connectivity index (χ1) is 9.52. The van der Waals surface area contributed by atoms with Crippen molar-refractivity contribution in [3.63, 3.8) is 0 Å². The van der Waals surface area contributed by atoms with Crippen LogP contribution in [0.4, 0.5) is 5.95 Å². The lowest BCUT2D eigenvalue weighted by molar-refractivity contribution is 0.0947. The van der Waals surface area contributed by atoms with Crippen molar-refractivity contribution in [3.05, 3.63) is 18.0 Å². The van der Waals surface area contributed by atoms with Crippen LogP contribution in [0.5, 0.6) is 0 Å². The predicted octanol–water partition coefficient (Wildman–Crippen LogP) is 1.37. The molecule has 1 amide bonds. The van der Waals surface area contributed by atoms with Gasteiger partial charge in [0.2, 0.25) is 5.95 Å². The average molecular weight is 279 g/mol. The third-order valence-corrected chi connectivity index (χ3v) is 2.94. The molecule has 0 aliphatic heterocycles. The first-order valence-electron chi connectivity index (χ1n) is 7.05. The van der Waals surface area contributed by atoms with Gasteiger partial charge < -0.3 is 15.5 Å². The Balaban J connectivity index is 2.49. The van der Waals surface area contributed by atoms with E-state index in [2.05, 4.69) is 39.3 Å². The molecule has 0 fully saturated rings. The lowest BCUT2D eigenvalue weighted by Crippen LogP contribution is -2.28. The standard InChI is InChI=1S/C14H25N5O/c1-5-11(2)17-14-16-9-7-12(18-14)13(20)15-8-6-10-19(3)4/h7,9,11H,5-6,8,10H2,1-4H3,(H,15,20)(H,16,17,18). The second-order valence-electron chi connectivity index (χ2n) is 5.13. The van der Waals surface area contributed by atoms with E-state index in [1.54, 1.807) is 12.3 Å². The van der Waals surface area contributed by atoms with Crippen molar-refractivity contribution in [2.45, 2.75) is 32.7 Å². The molecule has 0 saturated heterocycles. The van der Waals surface area contributed by atoms with E-state index in [-0.39, 0.29) is 11.9 Å². The molecule has 112 valence electrons. The molecule has 0 bridgehead atoms. The Morgan fingerprint density at radius 1 is 1.45 bits per heavy atom. The van der Waals surface area contributed by atoms with E-state index in [0.717, 1.165) is 19.4 Å². The summed E-state index contributed by atoms with van der Waals surface area (Å²) in [4.78, 5) is 22.4. The van der Waals surface area contributed by atoms with E-state index in [9.17, 15) is 4.79 Å². The Labute approximate surface area is 121 Å². The Hall–Kier alpha value is -1.69. The van der Waals surface area contributed by atoms with Crippen LogP contribution in [0.25, 0.3) is 0 Å². The molecule has 6 heteroatoms. The number of hydrogen-bond donors (Lipinski definition) is 2. The number of amides is 1. The molecule has 1 unspecified atom stereocenters. The molecule has 0 spiro atoms. The van der Waals surface area contributed by atoms with Crippen molar-refractivity contribution in [3.8, 4) is 0 Å². The van der Waals surface area contributed by atoms with Gasteiger partial charge in [0.05, 0.1) is 0 Å². The fourth-order valence-electron chi connectivity index (χ4n) is 1.56. The maximum atomic E-state index is 12.0. The van der Waals surface area contributed by atoms with Gasteiger partial charge in [-0.15, -0.1) is 0 Å². The Morgan fingerprint density at radius 3 is 2.85 bits per heavy atom. The third kappa shape index (κ3) is 5.97. The fourth-order valence-corrected chi connectivity index (χ4v) is 1.56. The summed E-state index contributed by atoms with van der Waals surface area (Å²) in [6.07, 6.45) is 3.50. The van der Waals surface area contributed by atoms with E-state index in [1.165, 1.54) is 0 Å². The molecule has 6 nitrogen and oxygen atoms in total. The number of carbonyl (C=O) groups excluding carboxylic acids is 1. The van der Waals surface area contributed by atoms with Crippen LogP contribution in [0.3, 0.4) is 0 Å². The summed E-state index contributed by atoms with van der Waals surface area (Å²) in [5, 5.41) is 6.03. The molecule has 0 aromatic carbocycles. The molecule has 2 N–H and O–H groups in total. The van der Waals surface area contributed by atoms with Crippen molar-refractivity contribution >= 4 is 11.9 Å². The first kappa shape index (κ1) is 16.4. The van der Waals surface area contributed by atoms with Crippen LogP contribution in [-0.4, -0.2) is 54.0 Å². The highest BCUT2D eigenvalue weighted by molar-refractivity contribution is 5.92. The number of rotatable bonds is 8. The molecule has 1 aromatic rings. The molecule has 1 rings (SSSR count). The molecule has 1 heterocycles. The Kier molecular flexibility index (Phi) is 6.93. The van der Waals surface area contributed by atoms with Crippen molar-refractivity contribution in [2.24, 2.45) is 0 Å². The van der Waals surface area contributed by atoms with Gasteiger partial charge in [0.25, 0.3) is 5.91 Å². The summed E-state index contributed by atoms with van der Waals surface area (Å²) < 4.78 is 0. The van der Waals surface area contributed by atoms with Crippen LogP contribution in [0, 0.1) is 0 Å². The SMILES string of the molecule is CCC(C)Nc1nccc(C(=O)NCCCN(C)C)n1. The average Bonchev–Trinajstić information content (AvgIpc) is 2.43. The van der Waals surface area contributed by atoms with E-state index in [4.69, 9.17) is 0 Å². The predicted molar refractivity (Wildman–Crippen MR) is 80.9 cm³/mol. The summed E-state index contributed by atoms with van der Waals surface area (Å²) in [6.45, 7) is 5.73. The quantitative estimate of drug-likeness (QED) is 0.703. The molecule has 20 heavy (non-hydrogen) atoms. The lowest BCUT2D eigenvalue weighted by Gasteiger charge is -2.12. The highest BCUT2D eigenvalue weighted by Crippen LogP contribution is 2.04. The minimum Gasteiger partial charge on any atom is -0.352 e. The van der Waals surface area contributed by atoms with Crippen LogP contribution in [0.2, 0.25) is 0 Å². The summed E-state index contributed by atoms with van der Waals surface area (Å²) in [6, 6.07) is 1.91. The smallest absolute Gasteiger partial charge is 0.270 e. The summed E-state index contributed by atoms with van der Waals surface area (Å²) >= 11 is 0. The second-order valence-corrected chi connectivity index (χ2v) is 5.13. The highest BCUT2D eigenvalue weighted by atomic mass is 16.1. The number of nitrogens with zero attached hydrogens (tertiary/aromatic N) is 3. The second kappa shape index (κ2) is 8.47. The van der Waals surface area contributed by atoms with Crippen LogP contribution in [0.15, 0.2) is 12.3 Å². The van der Waals surface area contributed by atoms with Crippen LogP contribution < -0.4 is 10.6 Å². The van der Waals surface area contributed by atoms with Crippen molar-refractivity contribution in [1.29, 1.82) is 0 Å². The van der Waals surface area contributed by atoms with Gasteiger partial charge >= 0.3 is 0 Å². The van der Waals surface area contributed by atoms with Gasteiger partial charge in [0.1, 0.15) is 5.69 Å². The maximum absolute atomic E-state index is 12.0. The van der Waals surface area contributed by atoms with Gasteiger partial charge in [-0.25, -0.2) is 9.97 Å². The topological polar surface area (TPSA) is 70.2 Å². The van der Waals surface area contributed by atoms with Crippen molar-refractivity contribution < 1.29 is 4.79 Å². The molecule has 0 aliphatic rings. The summed E-state index contributed by atoms with van der Waals surface area (Å²) in [7, 11) is 4.03. The van der Waals surface area contributed by atoms with E-state index in [1.807, 2.05) is 14.1 Å². The zero-order valence-electron chi connectivity index (χ0n) is 12.8. The van der Waals surface area contributed by atoms with E-state index in [0.29, 0.717) is 18.2 Å². The first-order valence-corrected chi connectivity index (χ1v) is 7.05. The molecule has 1 aromatic heterocycles. The number of carbonyl (C=O) groups is 1. The monoisotopic (exact) mass is 279 g/mol. The van der Waals surface area contributed by atoms with Crippen molar-refractivity contribution in [1.82, 2.24) is 20.2 Å². The normalized spacial score (nSPS) is 12.2. The zero-order chi connectivity index (χ0) is 15.0. The molecular formula is C14H25N5O. The third-order valence-electron chi connectivity index (χ3n) is 2.94. The van der Waals surface area contributed by atoms with E-state index < -0.39 is 0 Å². The van der Waals surface area contributed by atoms with Crippen LogP contribution >= 0.6 is 0 Å². The van der Waals surface area contributed by atoms with Crippen LogP contribution in [-0.2, 0) is 0 Å². The number of aromatic nitrogens is 2. The van der Waals surface area contributed by atoms with Gasteiger partial charge in [-0.1, -0.05) is 6.92 Å². The Bertz CT molecular complexity index is 422. The summed E-state index contributed by atoms with van der Waals surface area (Å²) in [5.41, 5.74) is 0.399. The maximum Gasteiger partial charge on any atom is 0.270 e. The molecule has 0 saturated carbocycles. The molecule has 0 radical (unpaired) electrons. The Morgan fingerprint density at radius 2 is 2.20 bits per heavy atom. The number of anilines is 1. The van der Waals surface area contributed by atoms with Gasteiger partial charge in [0.15, 0.2) is 0 Å². The highest BCUT2D eigenvalue weighted by Gasteiger charge is 2.09. The van der Waals surface area contributed by atoms with Crippen molar-refractivity contribution in [2.75, 3.05) is 32.5 Å². The van der Waals surface area contributed by atoms with Gasteiger partial charge in [-0.2, -0.15) is 0 Å². The van der Waals surface area contributed by atoms with E-state index >= 15 is 0 Å².